The fourth-order valence-electron chi connectivity index (χ4n) is 0.705. The van der Waals surface area contributed by atoms with Crippen LogP contribution in [0, 0.1) is 6.42 Å². The first kappa shape index (κ1) is 7.06. The van der Waals surface area contributed by atoms with Gasteiger partial charge in [-0.1, -0.05) is 6.92 Å². The lowest BCUT2D eigenvalue weighted by Gasteiger charge is -1.99. The van der Waals surface area contributed by atoms with E-state index in [0.29, 0.717) is 0 Å². The molecular formula is C8H10NO. The zero-order chi connectivity index (χ0) is 7.40. The highest BCUT2D eigenvalue weighted by atomic mass is 16.5. The number of hydrogen-bond donors (Lipinski definition) is 0. The molecule has 1 heterocycles. The molecule has 0 amide bonds. The number of rotatable bonds is 2. The summed E-state index contributed by atoms with van der Waals surface area (Å²) in [4.78, 5) is 3.97. The highest BCUT2D eigenvalue weighted by molar-refractivity contribution is 5.27. The van der Waals surface area contributed by atoms with Crippen LogP contribution in [0.2, 0.25) is 0 Å². The highest BCUT2D eigenvalue weighted by Crippen LogP contribution is 2.10. The standard InChI is InChI=1S/C8H10NO/c1-3-7-4-8(10-2)6-9-5-7/h3-6H,1-2H3. The van der Waals surface area contributed by atoms with E-state index in [4.69, 9.17) is 4.74 Å². The minimum absolute atomic E-state index is 0.801. The number of aromatic nitrogens is 1. The summed E-state index contributed by atoms with van der Waals surface area (Å²) >= 11 is 0. The summed E-state index contributed by atoms with van der Waals surface area (Å²) in [5, 5.41) is 0. The molecule has 53 valence electrons. The van der Waals surface area contributed by atoms with E-state index in [1.54, 1.807) is 19.5 Å². The summed E-state index contributed by atoms with van der Waals surface area (Å²) in [5.74, 6) is 0.801. The van der Waals surface area contributed by atoms with Crippen LogP contribution in [0.1, 0.15) is 12.5 Å². The van der Waals surface area contributed by atoms with E-state index in [0.717, 1.165) is 11.3 Å². The molecule has 1 rings (SSSR count). The molecule has 0 saturated heterocycles. The maximum atomic E-state index is 4.97. The fraction of sp³-hybridized carbons (Fsp3) is 0.250. The summed E-state index contributed by atoms with van der Waals surface area (Å²) in [6, 6.07) is 1.94. The average molecular weight is 136 g/mol. The van der Waals surface area contributed by atoms with E-state index in [-0.39, 0.29) is 0 Å². The van der Waals surface area contributed by atoms with E-state index < -0.39 is 0 Å². The van der Waals surface area contributed by atoms with Gasteiger partial charge in [0.05, 0.1) is 13.3 Å². The number of hydrogen-bond acceptors (Lipinski definition) is 2. The molecule has 10 heavy (non-hydrogen) atoms. The molecule has 1 aromatic rings. The highest BCUT2D eigenvalue weighted by Gasteiger charge is 1.92. The van der Waals surface area contributed by atoms with Gasteiger partial charge in [-0.25, -0.2) is 0 Å². The first-order valence-corrected chi connectivity index (χ1v) is 3.15. The summed E-state index contributed by atoms with van der Waals surface area (Å²) in [6.45, 7) is 1.97. The zero-order valence-electron chi connectivity index (χ0n) is 6.16. The Morgan fingerprint density at radius 2 is 2.30 bits per heavy atom. The van der Waals surface area contributed by atoms with Crippen molar-refractivity contribution in [3.8, 4) is 5.75 Å². The minimum atomic E-state index is 0.801. The monoisotopic (exact) mass is 136 g/mol. The third-order valence-electron chi connectivity index (χ3n) is 1.30. The maximum absolute atomic E-state index is 4.97. The first-order valence-electron chi connectivity index (χ1n) is 3.15. The van der Waals surface area contributed by atoms with E-state index >= 15 is 0 Å². The van der Waals surface area contributed by atoms with Crippen molar-refractivity contribution in [3.63, 3.8) is 0 Å². The second kappa shape index (κ2) is 3.20. The van der Waals surface area contributed by atoms with E-state index in [2.05, 4.69) is 4.98 Å². The Labute approximate surface area is 60.9 Å². The first-order chi connectivity index (χ1) is 4.86. The van der Waals surface area contributed by atoms with E-state index in [1.807, 2.05) is 19.4 Å². The molecule has 0 aliphatic rings. The van der Waals surface area contributed by atoms with Crippen LogP contribution in [0.5, 0.6) is 5.75 Å². The van der Waals surface area contributed by atoms with E-state index in [1.165, 1.54) is 0 Å². The van der Waals surface area contributed by atoms with Crippen LogP contribution < -0.4 is 4.74 Å². The van der Waals surface area contributed by atoms with Crippen molar-refractivity contribution in [1.29, 1.82) is 0 Å². The molecule has 0 saturated carbocycles. The Hall–Kier alpha value is -1.05. The second-order valence-electron chi connectivity index (χ2n) is 1.95. The molecule has 1 aromatic heterocycles. The number of nitrogens with zero attached hydrogens (tertiary/aromatic N) is 1. The van der Waals surface area contributed by atoms with Crippen molar-refractivity contribution in [3.05, 3.63) is 30.4 Å². The summed E-state index contributed by atoms with van der Waals surface area (Å²) < 4.78 is 4.97. The molecule has 0 aromatic carbocycles. The molecule has 0 atom stereocenters. The smallest absolute Gasteiger partial charge is 0.137 e. The molecular weight excluding hydrogens is 126 g/mol. The molecule has 0 aliphatic heterocycles. The van der Waals surface area contributed by atoms with Gasteiger partial charge in [-0.05, 0) is 18.1 Å². The van der Waals surface area contributed by atoms with Crippen LogP contribution in [0.3, 0.4) is 0 Å². The topological polar surface area (TPSA) is 22.1 Å². The maximum Gasteiger partial charge on any atom is 0.137 e. The number of ether oxygens (including phenoxy) is 1. The Morgan fingerprint density at radius 1 is 1.50 bits per heavy atom. The van der Waals surface area contributed by atoms with Crippen molar-refractivity contribution in [1.82, 2.24) is 4.98 Å². The van der Waals surface area contributed by atoms with Gasteiger partial charge in [-0.15, -0.1) is 0 Å². The van der Waals surface area contributed by atoms with Crippen molar-refractivity contribution in [2.24, 2.45) is 0 Å². The van der Waals surface area contributed by atoms with Gasteiger partial charge in [0.2, 0.25) is 0 Å². The largest absolute Gasteiger partial charge is 0.495 e. The van der Waals surface area contributed by atoms with Crippen molar-refractivity contribution < 1.29 is 4.74 Å². The lowest BCUT2D eigenvalue weighted by Crippen LogP contribution is -1.86. The van der Waals surface area contributed by atoms with Gasteiger partial charge in [-0.2, -0.15) is 0 Å². The van der Waals surface area contributed by atoms with Gasteiger partial charge in [-0.3, -0.25) is 4.98 Å². The molecule has 0 bridgehead atoms. The summed E-state index contributed by atoms with van der Waals surface area (Å²) in [7, 11) is 1.64. The third kappa shape index (κ3) is 1.47. The molecule has 0 N–H and O–H groups in total. The predicted molar refractivity (Wildman–Crippen MR) is 39.9 cm³/mol. The fourth-order valence-corrected chi connectivity index (χ4v) is 0.705. The molecule has 2 nitrogen and oxygen atoms in total. The van der Waals surface area contributed by atoms with Crippen molar-refractivity contribution in [2.75, 3.05) is 7.11 Å². The lowest BCUT2D eigenvalue weighted by molar-refractivity contribution is 0.412. The van der Waals surface area contributed by atoms with Crippen molar-refractivity contribution >= 4 is 0 Å². The van der Waals surface area contributed by atoms with Crippen LogP contribution in [-0.4, -0.2) is 12.1 Å². The Bertz CT molecular complexity index is 191. The quantitative estimate of drug-likeness (QED) is 0.616. The van der Waals surface area contributed by atoms with Crippen LogP contribution in [-0.2, 0) is 0 Å². The predicted octanol–water partition coefficient (Wildman–Crippen LogP) is 1.66. The van der Waals surface area contributed by atoms with Crippen LogP contribution in [0.15, 0.2) is 18.5 Å². The van der Waals surface area contributed by atoms with Crippen LogP contribution in [0.4, 0.5) is 0 Å². The minimum Gasteiger partial charge on any atom is -0.495 e. The van der Waals surface area contributed by atoms with Gasteiger partial charge >= 0.3 is 0 Å². The molecule has 1 radical (unpaired) electrons. The molecule has 0 fully saturated rings. The van der Waals surface area contributed by atoms with Gasteiger partial charge < -0.3 is 4.74 Å². The molecule has 0 spiro atoms. The number of pyridine rings is 1. The lowest BCUT2D eigenvalue weighted by atomic mass is 10.2. The zero-order valence-corrected chi connectivity index (χ0v) is 6.16. The Morgan fingerprint density at radius 3 is 2.90 bits per heavy atom. The molecule has 2 heteroatoms. The van der Waals surface area contributed by atoms with Crippen LogP contribution >= 0.6 is 0 Å². The van der Waals surface area contributed by atoms with Gasteiger partial charge in [0.15, 0.2) is 0 Å². The molecule has 0 unspecified atom stereocenters. The normalized spacial score (nSPS) is 9.40. The SMILES string of the molecule is C[CH]c1cncc(OC)c1. The van der Waals surface area contributed by atoms with Gasteiger partial charge in [0.25, 0.3) is 0 Å². The van der Waals surface area contributed by atoms with Crippen LogP contribution in [0.25, 0.3) is 0 Å². The number of methoxy groups -OCH3 is 1. The van der Waals surface area contributed by atoms with Gasteiger partial charge in [0.1, 0.15) is 5.75 Å². The van der Waals surface area contributed by atoms with E-state index in [9.17, 15) is 0 Å². The Kier molecular flexibility index (Phi) is 2.26. The summed E-state index contributed by atoms with van der Waals surface area (Å²) in [5.41, 5.74) is 1.08. The third-order valence-corrected chi connectivity index (χ3v) is 1.30. The van der Waals surface area contributed by atoms with Crippen molar-refractivity contribution in [2.45, 2.75) is 6.92 Å². The summed E-state index contributed by atoms with van der Waals surface area (Å²) in [6.07, 6.45) is 5.46. The second-order valence-corrected chi connectivity index (χ2v) is 1.95. The molecule has 0 aliphatic carbocycles. The average Bonchev–Trinajstić information content (AvgIpc) is 2.05. The Balaban J connectivity index is 2.87. The van der Waals surface area contributed by atoms with Gasteiger partial charge in [0, 0.05) is 6.20 Å².